The molecule has 8 nitrogen and oxygen atoms in total. The van der Waals surface area contributed by atoms with Crippen LogP contribution < -0.4 is 5.32 Å². The van der Waals surface area contributed by atoms with Gasteiger partial charge in [-0.25, -0.2) is 4.79 Å². The van der Waals surface area contributed by atoms with Gasteiger partial charge in [0.15, 0.2) is 12.1 Å². The average molecular weight is 395 g/mol. The second-order valence-corrected chi connectivity index (χ2v) is 8.23. The molecule has 134 valence electrons. The van der Waals surface area contributed by atoms with E-state index in [9.17, 15) is 15.0 Å². The van der Waals surface area contributed by atoms with E-state index in [1.165, 1.54) is 0 Å². The van der Waals surface area contributed by atoms with Crippen molar-refractivity contribution in [3.63, 3.8) is 0 Å². The predicted molar refractivity (Wildman–Crippen MR) is 80.4 cm³/mol. The summed E-state index contributed by atoms with van der Waals surface area (Å²) in [6, 6.07) is -1.17. The Morgan fingerprint density at radius 2 is 2.04 bits per heavy atom. The number of hydrogen-bond acceptors (Lipinski definition) is 7. The topological polar surface area (TPSA) is 106 Å². The van der Waals surface area contributed by atoms with Crippen molar-refractivity contribution in [2.24, 2.45) is 0 Å². The summed E-state index contributed by atoms with van der Waals surface area (Å²) in [4.78, 5) is 11.7. The van der Waals surface area contributed by atoms with Gasteiger partial charge in [0, 0.05) is 0 Å². The second-order valence-electron chi connectivity index (χ2n) is 5.71. The maximum atomic E-state index is 11.7. The molecular weight excluding hydrogens is 376 g/mol. The van der Waals surface area contributed by atoms with Crippen LogP contribution >= 0.6 is 34.8 Å². The molecular formula is C12H18Cl3NO7. The van der Waals surface area contributed by atoms with Crippen LogP contribution in [-0.4, -0.2) is 69.7 Å². The number of aliphatic hydroxyl groups is 2. The smallest absolute Gasteiger partial charge is 0.407 e. The van der Waals surface area contributed by atoms with E-state index in [1.807, 2.05) is 0 Å². The standard InChI is InChI=1S/C12H18Cl3NO7/c1-11(2)21-3-5-8(23-11)7(17)6(9(18)22-5)16-10(19)20-4-12(13,14)15/h5-9,17-18H,3-4H2,1-2H3,(H,16,19)/t5-,6-,7-,8-,9?/m1/s1. The largest absolute Gasteiger partial charge is 0.445 e. The van der Waals surface area contributed by atoms with Crippen molar-refractivity contribution in [3.8, 4) is 0 Å². The third-order valence-corrected chi connectivity index (χ3v) is 3.69. The number of halogens is 3. The Morgan fingerprint density at radius 3 is 2.65 bits per heavy atom. The Bertz CT molecular complexity index is 445. The number of hydrogen-bond donors (Lipinski definition) is 3. The number of alkyl halides is 3. The number of aliphatic hydroxyl groups excluding tert-OH is 2. The van der Waals surface area contributed by atoms with E-state index in [0.717, 1.165) is 0 Å². The average Bonchev–Trinajstić information content (AvgIpc) is 2.41. The maximum Gasteiger partial charge on any atom is 0.407 e. The summed E-state index contributed by atoms with van der Waals surface area (Å²) in [7, 11) is 0. The summed E-state index contributed by atoms with van der Waals surface area (Å²) in [5.41, 5.74) is 0. The Morgan fingerprint density at radius 1 is 1.39 bits per heavy atom. The fraction of sp³-hybridized carbons (Fsp3) is 0.917. The molecule has 23 heavy (non-hydrogen) atoms. The van der Waals surface area contributed by atoms with Gasteiger partial charge in [0.1, 0.15) is 31.0 Å². The van der Waals surface area contributed by atoms with E-state index in [1.54, 1.807) is 13.8 Å². The molecule has 0 radical (unpaired) electrons. The molecule has 0 aliphatic carbocycles. The molecule has 2 fully saturated rings. The first-order valence-electron chi connectivity index (χ1n) is 6.82. The van der Waals surface area contributed by atoms with Crippen molar-refractivity contribution < 1.29 is 34.0 Å². The summed E-state index contributed by atoms with van der Waals surface area (Å²) in [6.45, 7) is 3.00. The van der Waals surface area contributed by atoms with Crippen molar-refractivity contribution in [2.75, 3.05) is 13.2 Å². The number of nitrogens with one attached hydrogen (secondary N) is 1. The van der Waals surface area contributed by atoms with Crippen LogP contribution in [0, 0.1) is 0 Å². The number of carbonyl (C=O) groups excluding carboxylic acids is 1. The van der Waals surface area contributed by atoms with E-state index in [-0.39, 0.29) is 6.61 Å². The first-order chi connectivity index (χ1) is 10.5. The summed E-state index contributed by atoms with van der Waals surface area (Å²) in [6.07, 6.45) is -5.15. The molecule has 0 saturated carbocycles. The third kappa shape index (κ3) is 5.20. The molecule has 5 atom stereocenters. The van der Waals surface area contributed by atoms with E-state index < -0.39 is 52.9 Å². The van der Waals surface area contributed by atoms with Gasteiger partial charge < -0.3 is 34.5 Å². The van der Waals surface area contributed by atoms with Crippen molar-refractivity contribution in [3.05, 3.63) is 0 Å². The molecule has 0 aromatic carbocycles. The molecule has 2 heterocycles. The Balaban J connectivity index is 1.97. The highest BCUT2D eigenvalue weighted by atomic mass is 35.6. The lowest BCUT2D eigenvalue weighted by molar-refractivity contribution is -0.364. The lowest BCUT2D eigenvalue weighted by Gasteiger charge is -2.48. The molecule has 2 saturated heterocycles. The van der Waals surface area contributed by atoms with Crippen LogP contribution in [0.2, 0.25) is 0 Å². The van der Waals surface area contributed by atoms with Crippen molar-refractivity contribution >= 4 is 40.9 Å². The fourth-order valence-corrected chi connectivity index (χ4v) is 2.50. The zero-order valence-corrected chi connectivity index (χ0v) is 14.6. The van der Waals surface area contributed by atoms with Crippen molar-refractivity contribution in [2.45, 2.75) is 54.1 Å². The maximum absolute atomic E-state index is 11.7. The van der Waals surface area contributed by atoms with Gasteiger partial charge in [0.2, 0.25) is 3.79 Å². The number of fused-ring (bicyclic) bond motifs is 1. The van der Waals surface area contributed by atoms with E-state index in [4.69, 9.17) is 53.8 Å². The number of alkyl carbamates (subject to hydrolysis) is 1. The van der Waals surface area contributed by atoms with Gasteiger partial charge in [-0.05, 0) is 13.8 Å². The minimum Gasteiger partial charge on any atom is -0.445 e. The van der Waals surface area contributed by atoms with Crippen LogP contribution in [0.25, 0.3) is 0 Å². The lowest BCUT2D eigenvalue weighted by atomic mass is 9.95. The van der Waals surface area contributed by atoms with Crippen LogP contribution in [0.3, 0.4) is 0 Å². The minimum atomic E-state index is -1.77. The molecule has 3 N–H and O–H groups in total. The number of ether oxygens (including phenoxy) is 4. The van der Waals surface area contributed by atoms with Gasteiger partial charge >= 0.3 is 6.09 Å². The summed E-state index contributed by atoms with van der Waals surface area (Å²) >= 11 is 16.4. The second kappa shape index (κ2) is 7.05. The SMILES string of the molecule is CC1(C)OC[C@H]2OC(O)[C@H](NC(=O)OCC(Cl)(Cl)Cl)[C@@H](O)[C@@H]2O1. The quantitative estimate of drug-likeness (QED) is 0.591. The van der Waals surface area contributed by atoms with Crippen LogP contribution in [0.1, 0.15) is 13.8 Å². The zero-order valence-electron chi connectivity index (χ0n) is 12.4. The first kappa shape index (κ1) is 19.3. The lowest BCUT2D eigenvalue weighted by Crippen LogP contribution is -2.68. The summed E-state index contributed by atoms with van der Waals surface area (Å²) < 4.78 is 19.2. The van der Waals surface area contributed by atoms with Crippen molar-refractivity contribution in [1.29, 1.82) is 0 Å². The molecule has 0 aromatic heterocycles. The van der Waals surface area contributed by atoms with Gasteiger partial charge in [0.05, 0.1) is 6.61 Å². The molecule has 2 aliphatic heterocycles. The third-order valence-electron chi connectivity index (χ3n) is 3.36. The zero-order chi connectivity index (χ0) is 17.4. The van der Waals surface area contributed by atoms with E-state index in [0.29, 0.717) is 0 Å². The van der Waals surface area contributed by atoms with Gasteiger partial charge in [0.25, 0.3) is 0 Å². The molecule has 0 spiro atoms. The monoisotopic (exact) mass is 393 g/mol. The summed E-state index contributed by atoms with van der Waals surface area (Å²) in [5.74, 6) is -0.922. The fourth-order valence-electron chi connectivity index (χ4n) is 2.34. The summed E-state index contributed by atoms with van der Waals surface area (Å²) in [5, 5.41) is 22.6. The molecule has 11 heteroatoms. The first-order valence-corrected chi connectivity index (χ1v) is 7.95. The Labute approximate surface area is 147 Å². The number of carbonyl (C=O) groups is 1. The van der Waals surface area contributed by atoms with E-state index in [2.05, 4.69) is 5.32 Å². The molecule has 2 aliphatic rings. The van der Waals surface area contributed by atoms with Crippen LogP contribution in [-0.2, 0) is 18.9 Å². The van der Waals surface area contributed by atoms with Gasteiger partial charge in [-0.2, -0.15) is 0 Å². The van der Waals surface area contributed by atoms with Crippen LogP contribution in [0.5, 0.6) is 0 Å². The molecule has 2 rings (SSSR count). The molecule has 1 amide bonds. The van der Waals surface area contributed by atoms with Gasteiger partial charge in [-0.1, -0.05) is 34.8 Å². The number of rotatable bonds is 2. The molecule has 1 unspecified atom stereocenters. The van der Waals surface area contributed by atoms with Crippen LogP contribution in [0.15, 0.2) is 0 Å². The normalized spacial score (nSPS) is 36.9. The van der Waals surface area contributed by atoms with Crippen LogP contribution in [0.4, 0.5) is 4.79 Å². The molecule has 0 aromatic rings. The van der Waals surface area contributed by atoms with Crippen molar-refractivity contribution in [1.82, 2.24) is 5.32 Å². The Kier molecular flexibility index (Phi) is 5.91. The predicted octanol–water partition coefficient (Wildman–Crippen LogP) is 0.681. The molecule has 0 bridgehead atoms. The van der Waals surface area contributed by atoms with E-state index >= 15 is 0 Å². The highest BCUT2D eigenvalue weighted by Crippen LogP contribution is 2.32. The minimum absolute atomic E-state index is 0.135. The van der Waals surface area contributed by atoms with Gasteiger partial charge in [-0.3, -0.25) is 0 Å². The highest BCUT2D eigenvalue weighted by Gasteiger charge is 2.51. The Hall–Kier alpha value is -0.0600. The van der Waals surface area contributed by atoms with Gasteiger partial charge in [-0.15, -0.1) is 0 Å². The highest BCUT2D eigenvalue weighted by molar-refractivity contribution is 6.67. The number of amides is 1.